The first kappa shape index (κ1) is 16.1. The number of hydrogen-bond acceptors (Lipinski definition) is 3. The molecule has 1 N–H and O–H groups in total. The summed E-state index contributed by atoms with van der Waals surface area (Å²) in [6.07, 6.45) is 4.31. The second-order valence-electron chi connectivity index (χ2n) is 6.21. The average Bonchev–Trinajstić information content (AvgIpc) is 3.00. The predicted octanol–water partition coefficient (Wildman–Crippen LogP) is 3.70. The van der Waals surface area contributed by atoms with Gasteiger partial charge in [-0.15, -0.1) is 0 Å². The van der Waals surface area contributed by atoms with Crippen LogP contribution in [0, 0.1) is 0 Å². The number of benzene rings is 1. The summed E-state index contributed by atoms with van der Waals surface area (Å²) in [7, 11) is 0. The zero-order valence-corrected chi connectivity index (χ0v) is 13.9. The number of amides is 1. The molecule has 0 bridgehead atoms. The van der Waals surface area contributed by atoms with Gasteiger partial charge in [0.1, 0.15) is 6.10 Å². The molecule has 0 unspecified atom stereocenters. The number of carbonyl (C=O) groups excluding carboxylic acids is 2. The fraction of sp³-hybridized carbons (Fsp3) is 0.444. The van der Waals surface area contributed by atoms with Gasteiger partial charge >= 0.3 is 5.97 Å². The van der Waals surface area contributed by atoms with Crippen LogP contribution in [-0.2, 0) is 14.3 Å². The molecule has 0 radical (unpaired) electrons. The van der Waals surface area contributed by atoms with Gasteiger partial charge in [0.15, 0.2) is 0 Å². The standard InChI is InChI=1S/C18H20ClNO3/c1-11-17(18(22)23-14-4-2-3-5-14)15(10-16(21)20-11)12-6-8-13(19)9-7-12/h6-9,14-15H,2-5,10H2,1H3,(H,20,21)/t15-/m0/s1. The zero-order chi connectivity index (χ0) is 16.4. The fourth-order valence-electron chi connectivity index (χ4n) is 3.37. The molecule has 3 rings (SSSR count). The minimum Gasteiger partial charge on any atom is -0.459 e. The average molecular weight is 334 g/mol. The summed E-state index contributed by atoms with van der Waals surface area (Å²) < 4.78 is 5.66. The van der Waals surface area contributed by atoms with E-state index in [0.29, 0.717) is 16.3 Å². The number of halogens is 1. The van der Waals surface area contributed by atoms with Crippen molar-refractivity contribution < 1.29 is 14.3 Å². The Labute approximate surface area is 140 Å². The van der Waals surface area contributed by atoms with Crippen LogP contribution in [0.3, 0.4) is 0 Å². The Morgan fingerprint density at radius 2 is 1.87 bits per heavy atom. The van der Waals surface area contributed by atoms with Gasteiger partial charge in [-0.05, 0) is 50.3 Å². The number of esters is 1. The van der Waals surface area contributed by atoms with Crippen LogP contribution in [0.2, 0.25) is 5.02 Å². The summed E-state index contributed by atoms with van der Waals surface area (Å²) in [5.74, 6) is -0.677. The van der Waals surface area contributed by atoms with E-state index in [1.165, 1.54) is 0 Å². The molecule has 1 fully saturated rings. The number of nitrogens with one attached hydrogen (secondary N) is 1. The highest BCUT2D eigenvalue weighted by atomic mass is 35.5. The van der Waals surface area contributed by atoms with Crippen molar-refractivity contribution in [2.45, 2.75) is 51.0 Å². The molecule has 1 aromatic rings. The van der Waals surface area contributed by atoms with E-state index in [1.807, 2.05) is 12.1 Å². The van der Waals surface area contributed by atoms with Gasteiger partial charge in [-0.2, -0.15) is 0 Å². The van der Waals surface area contributed by atoms with Crippen molar-refractivity contribution in [3.63, 3.8) is 0 Å². The number of rotatable bonds is 3. The van der Waals surface area contributed by atoms with E-state index >= 15 is 0 Å². The summed E-state index contributed by atoms with van der Waals surface area (Å²) in [4.78, 5) is 24.6. The summed E-state index contributed by atoms with van der Waals surface area (Å²) in [5.41, 5.74) is 2.05. The molecule has 1 aromatic carbocycles. The molecule has 1 heterocycles. The Bertz CT molecular complexity index is 645. The lowest BCUT2D eigenvalue weighted by Crippen LogP contribution is -2.35. The lowest BCUT2D eigenvalue weighted by Gasteiger charge is -2.27. The molecule has 0 aromatic heterocycles. The quantitative estimate of drug-likeness (QED) is 0.858. The maximum Gasteiger partial charge on any atom is 0.336 e. The SMILES string of the molecule is CC1=C(C(=O)OC2CCCC2)[C@H](c2ccc(Cl)cc2)CC(=O)N1. The maximum absolute atomic E-state index is 12.7. The fourth-order valence-corrected chi connectivity index (χ4v) is 3.50. The molecular formula is C18H20ClNO3. The number of ether oxygens (including phenoxy) is 1. The Hall–Kier alpha value is -1.81. The largest absolute Gasteiger partial charge is 0.459 e. The van der Waals surface area contributed by atoms with Crippen LogP contribution >= 0.6 is 11.6 Å². The summed E-state index contributed by atoms with van der Waals surface area (Å²) in [5, 5.41) is 3.39. The molecule has 0 saturated heterocycles. The predicted molar refractivity (Wildman–Crippen MR) is 88.0 cm³/mol. The first-order valence-corrected chi connectivity index (χ1v) is 8.39. The van der Waals surface area contributed by atoms with Crippen molar-refractivity contribution in [1.82, 2.24) is 5.32 Å². The van der Waals surface area contributed by atoms with E-state index in [2.05, 4.69) is 5.32 Å². The minimum absolute atomic E-state index is 0.00583. The Kier molecular flexibility index (Phi) is 4.71. The Balaban J connectivity index is 1.88. The van der Waals surface area contributed by atoms with Gasteiger partial charge in [0.05, 0.1) is 5.57 Å². The van der Waals surface area contributed by atoms with Crippen LogP contribution in [-0.4, -0.2) is 18.0 Å². The van der Waals surface area contributed by atoms with Gasteiger partial charge < -0.3 is 10.1 Å². The molecule has 4 nitrogen and oxygen atoms in total. The van der Waals surface area contributed by atoms with E-state index < -0.39 is 0 Å². The van der Waals surface area contributed by atoms with Crippen LogP contribution in [0.4, 0.5) is 0 Å². The van der Waals surface area contributed by atoms with Gasteiger partial charge in [0.25, 0.3) is 0 Å². The van der Waals surface area contributed by atoms with Gasteiger partial charge in [0.2, 0.25) is 5.91 Å². The highest BCUT2D eigenvalue weighted by molar-refractivity contribution is 6.30. The highest BCUT2D eigenvalue weighted by Gasteiger charge is 2.34. The topological polar surface area (TPSA) is 55.4 Å². The van der Waals surface area contributed by atoms with E-state index in [4.69, 9.17) is 16.3 Å². The van der Waals surface area contributed by atoms with Crippen molar-refractivity contribution >= 4 is 23.5 Å². The third-order valence-corrected chi connectivity index (χ3v) is 4.79. The van der Waals surface area contributed by atoms with Crippen molar-refractivity contribution in [2.75, 3.05) is 0 Å². The van der Waals surface area contributed by atoms with Crippen molar-refractivity contribution in [3.8, 4) is 0 Å². The lowest BCUT2D eigenvalue weighted by atomic mass is 9.84. The summed E-state index contributed by atoms with van der Waals surface area (Å²) >= 11 is 5.94. The third kappa shape index (κ3) is 3.58. The minimum atomic E-state index is -0.311. The third-order valence-electron chi connectivity index (χ3n) is 4.54. The number of allylic oxidation sites excluding steroid dienone is 1. The highest BCUT2D eigenvalue weighted by Crippen LogP contribution is 2.35. The molecule has 2 aliphatic rings. The summed E-state index contributed by atoms with van der Waals surface area (Å²) in [6.45, 7) is 1.76. The van der Waals surface area contributed by atoms with E-state index in [1.54, 1.807) is 19.1 Å². The Morgan fingerprint density at radius 1 is 1.22 bits per heavy atom. The number of hydrogen-bond donors (Lipinski definition) is 1. The van der Waals surface area contributed by atoms with Gasteiger partial charge in [-0.1, -0.05) is 23.7 Å². The normalized spacial score (nSPS) is 22.2. The molecule has 1 aliphatic carbocycles. The first-order valence-electron chi connectivity index (χ1n) is 8.01. The van der Waals surface area contributed by atoms with Gasteiger partial charge in [0, 0.05) is 23.1 Å². The van der Waals surface area contributed by atoms with E-state index in [9.17, 15) is 9.59 Å². The molecular weight excluding hydrogens is 314 g/mol. The second kappa shape index (κ2) is 6.75. The van der Waals surface area contributed by atoms with Crippen molar-refractivity contribution in [3.05, 3.63) is 46.1 Å². The first-order chi connectivity index (χ1) is 11.0. The Morgan fingerprint density at radius 3 is 2.52 bits per heavy atom. The lowest BCUT2D eigenvalue weighted by molar-refractivity contribution is -0.144. The second-order valence-corrected chi connectivity index (χ2v) is 6.64. The maximum atomic E-state index is 12.7. The van der Waals surface area contributed by atoms with Crippen molar-refractivity contribution in [1.29, 1.82) is 0 Å². The molecule has 1 aliphatic heterocycles. The van der Waals surface area contributed by atoms with Gasteiger partial charge in [-0.25, -0.2) is 4.79 Å². The van der Waals surface area contributed by atoms with E-state index in [0.717, 1.165) is 31.2 Å². The molecule has 5 heteroatoms. The van der Waals surface area contributed by atoms with Crippen molar-refractivity contribution in [2.24, 2.45) is 0 Å². The molecule has 1 amide bonds. The molecule has 122 valence electrons. The monoisotopic (exact) mass is 333 g/mol. The van der Waals surface area contributed by atoms with E-state index in [-0.39, 0.29) is 30.3 Å². The summed E-state index contributed by atoms with van der Waals surface area (Å²) in [6, 6.07) is 7.28. The molecule has 1 atom stereocenters. The van der Waals surface area contributed by atoms with Crippen LogP contribution in [0.25, 0.3) is 0 Å². The van der Waals surface area contributed by atoms with Gasteiger partial charge in [-0.3, -0.25) is 4.79 Å². The van der Waals surface area contributed by atoms with Crippen LogP contribution in [0.15, 0.2) is 35.5 Å². The molecule has 0 spiro atoms. The molecule has 1 saturated carbocycles. The van der Waals surface area contributed by atoms with Crippen LogP contribution < -0.4 is 5.32 Å². The smallest absolute Gasteiger partial charge is 0.336 e. The molecule has 23 heavy (non-hydrogen) atoms. The zero-order valence-electron chi connectivity index (χ0n) is 13.1. The van der Waals surface area contributed by atoms with Crippen LogP contribution in [0.1, 0.15) is 50.5 Å². The number of carbonyl (C=O) groups is 2. The van der Waals surface area contributed by atoms with Crippen LogP contribution in [0.5, 0.6) is 0 Å².